The fourth-order valence-corrected chi connectivity index (χ4v) is 2.30. The van der Waals surface area contributed by atoms with Crippen molar-refractivity contribution in [3.05, 3.63) is 34.9 Å². The van der Waals surface area contributed by atoms with E-state index in [-0.39, 0.29) is 6.42 Å². The normalized spacial score (nSPS) is 17.9. The molecule has 1 aliphatic rings. The van der Waals surface area contributed by atoms with Gasteiger partial charge < -0.3 is 10.2 Å². The highest BCUT2D eigenvalue weighted by molar-refractivity contribution is 5.68. The molecule has 0 saturated carbocycles. The number of aryl methyl sites for hydroxylation is 2. The number of carboxylic acid groups (broad SMARTS) is 1. The molecule has 0 aliphatic heterocycles. The van der Waals surface area contributed by atoms with Crippen molar-refractivity contribution in [3.63, 3.8) is 0 Å². The molecule has 0 radical (unpaired) electrons. The topological polar surface area (TPSA) is 57.5 Å². The number of hydrogen-bond acceptors (Lipinski definition) is 2. The van der Waals surface area contributed by atoms with Crippen LogP contribution in [0.5, 0.6) is 0 Å². The molecule has 2 rings (SSSR count). The first-order valence-corrected chi connectivity index (χ1v) is 5.55. The Labute approximate surface area is 94.7 Å². The third-order valence-corrected chi connectivity index (χ3v) is 3.22. The summed E-state index contributed by atoms with van der Waals surface area (Å²) in [6, 6.07) is 5.80. The van der Waals surface area contributed by atoms with Crippen LogP contribution in [0.1, 0.15) is 36.5 Å². The van der Waals surface area contributed by atoms with Crippen molar-refractivity contribution >= 4 is 5.97 Å². The van der Waals surface area contributed by atoms with Gasteiger partial charge in [-0.2, -0.15) is 0 Å². The summed E-state index contributed by atoms with van der Waals surface area (Å²) in [5, 5.41) is 18.9. The zero-order valence-electron chi connectivity index (χ0n) is 9.36. The van der Waals surface area contributed by atoms with Crippen molar-refractivity contribution in [2.45, 2.75) is 38.2 Å². The number of aliphatic carboxylic acids is 1. The van der Waals surface area contributed by atoms with Gasteiger partial charge in [0.15, 0.2) is 0 Å². The van der Waals surface area contributed by atoms with Crippen molar-refractivity contribution < 1.29 is 15.0 Å². The van der Waals surface area contributed by atoms with Crippen LogP contribution in [0.4, 0.5) is 0 Å². The second-order valence-electron chi connectivity index (χ2n) is 4.68. The Balaban J connectivity index is 2.30. The number of fused-ring (bicyclic) bond motifs is 1. The molecule has 1 aromatic rings. The number of benzene rings is 1. The molecule has 0 spiro atoms. The van der Waals surface area contributed by atoms with Gasteiger partial charge in [-0.25, -0.2) is 0 Å². The minimum atomic E-state index is -1.27. The maximum absolute atomic E-state index is 10.7. The highest BCUT2D eigenvalue weighted by Crippen LogP contribution is 2.30. The third-order valence-electron chi connectivity index (χ3n) is 3.22. The molecule has 0 amide bonds. The van der Waals surface area contributed by atoms with Gasteiger partial charge in [0, 0.05) is 0 Å². The van der Waals surface area contributed by atoms with Gasteiger partial charge in [0.25, 0.3) is 0 Å². The van der Waals surface area contributed by atoms with E-state index < -0.39 is 11.6 Å². The van der Waals surface area contributed by atoms with Crippen LogP contribution < -0.4 is 0 Å². The fourth-order valence-electron chi connectivity index (χ4n) is 2.30. The molecule has 0 aromatic heterocycles. The predicted octanol–water partition coefficient (Wildman–Crippen LogP) is 1.86. The van der Waals surface area contributed by atoms with Gasteiger partial charge in [-0.15, -0.1) is 0 Å². The van der Waals surface area contributed by atoms with Gasteiger partial charge in [-0.1, -0.05) is 18.2 Å². The first-order chi connectivity index (χ1) is 7.49. The van der Waals surface area contributed by atoms with Gasteiger partial charge in [0.1, 0.15) is 0 Å². The number of aliphatic hydroxyl groups is 1. The summed E-state index contributed by atoms with van der Waals surface area (Å²) in [6.07, 6.45) is 3.02. The molecule has 1 unspecified atom stereocenters. The van der Waals surface area contributed by atoms with Crippen molar-refractivity contribution in [3.8, 4) is 0 Å². The predicted molar refractivity (Wildman–Crippen MR) is 60.3 cm³/mol. The van der Waals surface area contributed by atoms with E-state index in [1.807, 2.05) is 18.2 Å². The van der Waals surface area contributed by atoms with Gasteiger partial charge in [0.2, 0.25) is 0 Å². The summed E-state index contributed by atoms with van der Waals surface area (Å²) < 4.78 is 0. The smallest absolute Gasteiger partial charge is 0.306 e. The molecule has 0 bridgehead atoms. The van der Waals surface area contributed by atoms with E-state index in [1.54, 1.807) is 6.92 Å². The van der Waals surface area contributed by atoms with Crippen LogP contribution in [0.15, 0.2) is 18.2 Å². The zero-order chi connectivity index (χ0) is 11.8. The summed E-state index contributed by atoms with van der Waals surface area (Å²) in [5.74, 6) is -0.981. The molecular formula is C13H16O3. The average molecular weight is 220 g/mol. The maximum atomic E-state index is 10.7. The van der Waals surface area contributed by atoms with Crippen LogP contribution in [0.3, 0.4) is 0 Å². The lowest BCUT2D eigenvalue weighted by atomic mass is 9.90. The molecule has 1 aromatic carbocycles. The first-order valence-electron chi connectivity index (χ1n) is 5.55. The molecular weight excluding hydrogens is 204 g/mol. The van der Waals surface area contributed by atoms with Crippen LogP contribution in [0, 0.1) is 0 Å². The monoisotopic (exact) mass is 220 g/mol. The lowest BCUT2D eigenvalue weighted by Crippen LogP contribution is -2.25. The van der Waals surface area contributed by atoms with Crippen LogP contribution in [-0.4, -0.2) is 16.2 Å². The Morgan fingerprint density at radius 3 is 2.75 bits per heavy atom. The van der Waals surface area contributed by atoms with E-state index >= 15 is 0 Å². The molecule has 2 N–H and O–H groups in total. The molecule has 16 heavy (non-hydrogen) atoms. The SMILES string of the molecule is CC(O)(CC(=O)O)c1ccc2c(c1)CCC2. The number of rotatable bonds is 3. The Kier molecular flexibility index (Phi) is 2.72. The van der Waals surface area contributed by atoms with E-state index in [0.29, 0.717) is 5.56 Å². The van der Waals surface area contributed by atoms with Crippen LogP contribution >= 0.6 is 0 Å². The molecule has 1 atom stereocenters. The van der Waals surface area contributed by atoms with E-state index in [9.17, 15) is 9.90 Å². The van der Waals surface area contributed by atoms with Crippen molar-refractivity contribution in [2.75, 3.05) is 0 Å². The molecule has 3 heteroatoms. The van der Waals surface area contributed by atoms with Crippen molar-refractivity contribution in [1.29, 1.82) is 0 Å². The quantitative estimate of drug-likeness (QED) is 0.817. The van der Waals surface area contributed by atoms with Crippen molar-refractivity contribution in [2.24, 2.45) is 0 Å². The second-order valence-corrected chi connectivity index (χ2v) is 4.68. The minimum absolute atomic E-state index is 0.258. The van der Waals surface area contributed by atoms with E-state index in [0.717, 1.165) is 19.3 Å². The molecule has 3 nitrogen and oxygen atoms in total. The molecule has 0 heterocycles. The van der Waals surface area contributed by atoms with Gasteiger partial charge >= 0.3 is 5.97 Å². The molecule has 0 saturated heterocycles. The van der Waals surface area contributed by atoms with E-state index in [4.69, 9.17) is 5.11 Å². The minimum Gasteiger partial charge on any atom is -0.481 e. The van der Waals surface area contributed by atoms with Crippen molar-refractivity contribution in [1.82, 2.24) is 0 Å². The van der Waals surface area contributed by atoms with Crippen LogP contribution in [0.2, 0.25) is 0 Å². The highest BCUT2D eigenvalue weighted by Gasteiger charge is 2.27. The van der Waals surface area contributed by atoms with Crippen LogP contribution in [0.25, 0.3) is 0 Å². The Hall–Kier alpha value is -1.35. The summed E-state index contributed by atoms with van der Waals surface area (Å²) >= 11 is 0. The highest BCUT2D eigenvalue weighted by atomic mass is 16.4. The number of carboxylic acids is 1. The average Bonchev–Trinajstić information content (AvgIpc) is 2.61. The Morgan fingerprint density at radius 1 is 1.38 bits per heavy atom. The number of hydrogen-bond donors (Lipinski definition) is 2. The van der Waals surface area contributed by atoms with E-state index in [1.165, 1.54) is 11.1 Å². The molecule has 0 fully saturated rings. The van der Waals surface area contributed by atoms with Crippen LogP contribution in [-0.2, 0) is 23.2 Å². The zero-order valence-corrected chi connectivity index (χ0v) is 9.36. The Morgan fingerprint density at radius 2 is 2.06 bits per heavy atom. The summed E-state index contributed by atoms with van der Waals surface area (Å²) in [4.78, 5) is 10.7. The van der Waals surface area contributed by atoms with E-state index in [2.05, 4.69) is 0 Å². The first kappa shape index (κ1) is 11.1. The molecule has 86 valence electrons. The lowest BCUT2D eigenvalue weighted by Gasteiger charge is -2.22. The lowest BCUT2D eigenvalue weighted by molar-refractivity contribution is -0.142. The maximum Gasteiger partial charge on any atom is 0.306 e. The summed E-state index contributed by atoms with van der Waals surface area (Å²) in [7, 11) is 0. The number of carbonyl (C=O) groups is 1. The third kappa shape index (κ3) is 2.09. The van der Waals surface area contributed by atoms with Gasteiger partial charge in [0.05, 0.1) is 12.0 Å². The largest absolute Gasteiger partial charge is 0.481 e. The standard InChI is InChI=1S/C13H16O3/c1-13(16,8-12(14)15)11-6-5-9-3-2-4-10(9)7-11/h5-7,16H,2-4,8H2,1H3,(H,14,15). The Bertz CT molecular complexity index is 421. The summed E-state index contributed by atoms with van der Waals surface area (Å²) in [5.41, 5.74) is 2.01. The fraction of sp³-hybridized carbons (Fsp3) is 0.462. The second kappa shape index (κ2) is 3.91. The van der Waals surface area contributed by atoms with Gasteiger partial charge in [-0.05, 0) is 42.9 Å². The molecule has 1 aliphatic carbocycles. The van der Waals surface area contributed by atoms with Gasteiger partial charge in [-0.3, -0.25) is 4.79 Å². The summed E-state index contributed by atoms with van der Waals surface area (Å²) in [6.45, 7) is 1.55.